The maximum absolute atomic E-state index is 12.4. The van der Waals surface area contributed by atoms with Gasteiger partial charge in [-0.05, 0) is 36.4 Å². The number of ketones is 1. The van der Waals surface area contributed by atoms with Crippen molar-refractivity contribution in [2.75, 3.05) is 7.11 Å². The van der Waals surface area contributed by atoms with Gasteiger partial charge in [0.2, 0.25) is 0 Å². The molecule has 0 aliphatic carbocycles. The van der Waals surface area contributed by atoms with Crippen LogP contribution in [-0.2, 0) is 0 Å². The zero-order chi connectivity index (χ0) is 14.0. The molecule has 0 saturated carbocycles. The summed E-state index contributed by atoms with van der Waals surface area (Å²) >= 11 is 12.7. The van der Waals surface area contributed by atoms with Crippen LogP contribution < -0.4 is 4.74 Å². The molecule has 2 aromatic rings. The Labute approximate surface area is 133 Å². The lowest BCUT2D eigenvalue weighted by molar-refractivity contribution is 0.103. The number of halogens is 3. The van der Waals surface area contributed by atoms with E-state index in [0.717, 1.165) is 8.95 Å². The molecule has 0 saturated heterocycles. The van der Waals surface area contributed by atoms with Crippen LogP contribution in [0.2, 0.25) is 5.02 Å². The molecular formula is C14H9Br2ClO2. The van der Waals surface area contributed by atoms with Gasteiger partial charge < -0.3 is 4.74 Å². The fourth-order valence-corrected chi connectivity index (χ4v) is 2.61. The van der Waals surface area contributed by atoms with Crippen molar-refractivity contribution in [3.63, 3.8) is 0 Å². The molecule has 98 valence electrons. The van der Waals surface area contributed by atoms with Gasteiger partial charge >= 0.3 is 0 Å². The number of methoxy groups -OCH3 is 1. The van der Waals surface area contributed by atoms with E-state index in [2.05, 4.69) is 31.9 Å². The molecule has 0 aromatic heterocycles. The maximum atomic E-state index is 12.4. The first kappa shape index (κ1) is 14.6. The molecule has 0 radical (unpaired) electrons. The average Bonchev–Trinajstić information content (AvgIpc) is 2.41. The second-order valence-electron chi connectivity index (χ2n) is 3.80. The van der Waals surface area contributed by atoms with Gasteiger partial charge in [0.15, 0.2) is 5.78 Å². The molecule has 0 spiro atoms. The topological polar surface area (TPSA) is 26.3 Å². The minimum Gasteiger partial charge on any atom is -0.495 e. The molecule has 19 heavy (non-hydrogen) atoms. The first-order valence-electron chi connectivity index (χ1n) is 5.36. The van der Waals surface area contributed by atoms with E-state index < -0.39 is 0 Å². The molecule has 0 atom stereocenters. The summed E-state index contributed by atoms with van der Waals surface area (Å²) in [6, 6.07) is 10.4. The van der Waals surface area contributed by atoms with E-state index in [4.69, 9.17) is 16.3 Å². The van der Waals surface area contributed by atoms with Gasteiger partial charge in [0.1, 0.15) is 5.75 Å². The summed E-state index contributed by atoms with van der Waals surface area (Å²) in [5.74, 6) is 0.391. The van der Waals surface area contributed by atoms with E-state index in [1.807, 2.05) is 12.1 Å². The minimum absolute atomic E-state index is 0.0943. The monoisotopic (exact) mass is 402 g/mol. The predicted octanol–water partition coefficient (Wildman–Crippen LogP) is 5.10. The number of benzene rings is 2. The van der Waals surface area contributed by atoms with Crippen LogP contribution in [0.15, 0.2) is 45.3 Å². The lowest BCUT2D eigenvalue weighted by Gasteiger charge is -2.07. The Morgan fingerprint density at radius 1 is 1.16 bits per heavy atom. The Bertz CT molecular complexity index is 641. The molecule has 0 amide bonds. The molecule has 0 aliphatic heterocycles. The van der Waals surface area contributed by atoms with Gasteiger partial charge in [0, 0.05) is 20.1 Å². The number of rotatable bonds is 3. The first-order valence-corrected chi connectivity index (χ1v) is 7.32. The third-order valence-corrected chi connectivity index (χ3v) is 4.08. The molecule has 2 aromatic carbocycles. The van der Waals surface area contributed by atoms with E-state index >= 15 is 0 Å². The second kappa shape index (κ2) is 6.07. The molecule has 2 rings (SSSR count). The fourth-order valence-electron chi connectivity index (χ4n) is 1.63. The highest BCUT2D eigenvalue weighted by molar-refractivity contribution is 9.11. The molecule has 0 fully saturated rings. The quantitative estimate of drug-likeness (QED) is 0.665. The average molecular weight is 404 g/mol. The van der Waals surface area contributed by atoms with Gasteiger partial charge in [-0.1, -0.05) is 43.5 Å². The lowest BCUT2D eigenvalue weighted by atomic mass is 10.0. The Balaban J connectivity index is 2.47. The molecular weight excluding hydrogens is 395 g/mol. The van der Waals surface area contributed by atoms with Crippen LogP contribution in [0.25, 0.3) is 0 Å². The summed E-state index contributed by atoms with van der Waals surface area (Å²) < 4.78 is 6.71. The summed E-state index contributed by atoms with van der Waals surface area (Å²) in [7, 11) is 1.52. The number of hydrogen-bond donors (Lipinski definition) is 0. The van der Waals surface area contributed by atoms with Crippen LogP contribution in [0.3, 0.4) is 0 Å². The van der Waals surface area contributed by atoms with Crippen molar-refractivity contribution in [1.29, 1.82) is 0 Å². The summed E-state index contributed by atoms with van der Waals surface area (Å²) in [4.78, 5) is 12.4. The lowest BCUT2D eigenvalue weighted by Crippen LogP contribution is -2.03. The van der Waals surface area contributed by atoms with E-state index in [-0.39, 0.29) is 5.78 Å². The van der Waals surface area contributed by atoms with Crippen LogP contribution in [0, 0.1) is 0 Å². The molecule has 0 N–H and O–H groups in total. The van der Waals surface area contributed by atoms with Gasteiger partial charge in [-0.3, -0.25) is 4.79 Å². The zero-order valence-electron chi connectivity index (χ0n) is 9.91. The second-order valence-corrected chi connectivity index (χ2v) is 5.98. The Morgan fingerprint density at radius 2 is 1.89 bits per heavy atom. The number of ether oxygens (including phenoxy) is 1. The molecule has 0 aliphatic rings. The van der Waals surface area contributed by atoms with Crippen molar-refractivity contribution in [3.8, 4) is 5.75 Å². The van der Waals surface area contributed by atoms with Crippen molar-refractivity contribution in [2.24, 2.45) is 0 Å². The highest BCUT2D eigenvalue weighted by atomic mass is 79.9. The van der Waals surface area contributed by atoms with Crippen molar-refractivity contribution < 1.29 is 9.53 Å². The third-order valence-electron chi connectivity index (χ3n) is 2.59. The number of carbonyl (C=O) groups excluding carboxylic acids is 1. The van der Waals surface area contributed by atoms with Crippen molar-refractivity contribution >= 4 is 49.2 Å². The SMILES string of the molecule is COc1cc(C(=O)c2cc(Br)ccc2Br)ccc1Cl. The minimum atomic E-state index is -0.0943. The van der Waals surface area contributed by atoms with Crippen molar-refractivity contribution in [2.45, 2.75) is 0 Å². The van der Waals surface area contributed by atoms with Gasteiger partial charge in [-0.15, -0.1) is 0 Å². The maximum Gasteiger partial charge on any atom is 0.194 e. The van der Waals surface area contributed by atoms with Crippen LogP contribution in [0.1, 0.15) is 15.9 Å². The molecule has 2 nitrogen and oxygen atoms in total. The molecule has 0 unspecified atom stereocenters. The number of carbonyl (C=O) groups is 1. The summed E-state index contributed by atoms with van der Waals surface area (Å²) in [6.45, 7) is 0. The zero-order valence-corrected chi connectivity index (χ0v) is 13.8. The number of hydrogen-bond acceptors (Lipinski definition) is 2. The van der Waals surface area contributed by atoms with E-state index in [1.165, 1.54) is 7.11 Å². The normalized spacial score (nSPS) is 10.3. The molecule has 0 heterocycles. The van der Waals surface area contributed by atoms with Gasteiger partial charge in [0.25, 0.3) is 0 Å². The summed E-state index contributed by atoms with van der Waals surface area (Å²) in [5.41, 5.74) is 1.11. The summed E-state index contributed by atoms with van der Waals surface area (Å²) in [6.07, 6.45) is 0. The van der Waals surface area contributed by atoms with Gasteiger partial charge in [-0.2, -0.15) is 0 Å². The van der Waals surface area contributed by atoms with Crippen LogP contribution in [0.5, 0.6) is 5.75 Å². The predicted molar refractivity (Wildman–Crippen MR) is 83.3 cm³/mol. The van der Waals surface area contributed by atoms with E-state index in [1.54, 1.807) is 24.3 Å². The first-order chi connectivity index (χ1) is 9.02. The third kappa shape index (κ3) is 3.19. The van der Waals surface area contributed by atoms with Crippen molar-refractivity contribution in [3.05, 3.63) is 61.5 Å². The Hall–Kier alpha value is -0.840. The van der Waals surface area contributed by atoms with Gasteiger partial charge in [-0.25, -0.2) is 0 Å². The molecule has 5 heteroatoms. The fraction of sp³-hybridized carbons (Fsp3) is 0.0714. The highest BCUT2D eigenvalue weighted by Crippen LogP contribution is 2.28. The highest BCUT2D eigenvalue weighted by Gasteiger charge is 2.15. The van der Waals surface area contributed by atoms with Crippen LogP contribution in [-0.4, -0.2) is 12.9 Å². The summed E-state index contributed by atoms with van der Waals surface area (Å²) in [5, 5.41) is 0.479. The van der Waals surface area contributed by atoms with Gasteiger partial charge in [0.05, 0.1) is 12.1 Å². The molecule has 0 bridgehead atoms. The Morgan fingerprint density at radius 3 is 2.58 bits per heavy atom. The van der Waals surface area contributed by atoms with E-state index in [0.29, 0.717) is 21.9 Å². The smallest absolute Gasteiger partial charge is 0.194 e. The Kier molecular flexibility index (Phi) is 4.66. The van der Waals surface area contributed by atoms with Crippen molar-refractivity contribution in [1.82, 2.24) is 0 Å². The van der Waals surface area contributed by atoms with Crippen LogP contribution in [0.4, 0.5) is 0 Å². The van der Waals surface area contributed by atoms with Crippen LogP contribution >= 0.6 is 43.5 Å². The largest absolute Gasteiger partial charge is 0.495 e. The standard InChI is InChI=1S/C14H9Br2ClO2/c1-19-13-6-8(2-5-12(13)17)14(18)10-7-9(15)3-4-11(10)16/h2-7H,1H3. The van der Waals surface area contributed by atoms with E-state index in [9.17, 15) is 4.79 Å².